The Morgan fingerprint density at radius 3 is 2.89 bits per heavy atom. The monoisotopic (exact) mass is 262 g/mol. The zero-order valence-electron chi connectivity index (χ0n) is 11.0. The van der Waals surface area contributed by atoms with Crippen LogP contribution in [0.2, 0.25) is 0 Å². The van der Waals surface area contributed by atoms with E-state index in [1.165, 1.54) is 0 Å². The van der Waals surface area contributed by atoms with Gasteiger partial charge in [0.05, 0.1) is 12.1 Å². The predicted octanol–water partition coefficient (Wildman–Crippen LogP) is 1.05. The van der Waals surface area contributed by atoms with E-state index < -0.39 is 5.97 Å². The van der Waals surface area contributed by atoms with Gasteiger partial charge in [0.1, 0.15) is 0 Å². The van der Waals surface area contributed by atoms with Crippen molar-refractivity contribution in [3.63, 3.8) is 0 Å². The van der Waals surface area contributed by atoms with E-state index in [-0.39, 0.29) is 11.5 Å². The molecular weight excluding hydrogens is 244 g/mol. The van der Waals surface area contributed by atoms with Gasteiger partial charge in [-0.3, -0.25) is 9.69 Å². The van der Waals surface area contributed by atoms with Crippen LogP contribution in [-0.4, -0.2) is 53.5 Å². The highest BCUT2D eigenvalue weighted by molar-refractivity contribution is 5.87. The Balaban J connectivity index is 2.06. The molecule has 19 heavy (non-hydrogen) atoms. The van der Waals surface area contributed by atoms with Gasteiger partial charge in [0.15, 0.2) is 0 Å². The van der Waals surface area contributed by atoms with Gasteiger partial charge in [0, 0.05) is 26.7 Å². The van der Waals surface area contributed by atoms with Crippen molar-refractivity contribution < 1.29 is 14.7 Å². The third-order valence-corrected chi connectivity index (χ3v) is 3.33. The number of carbonyl (C=O) groups excluding carboxylic acids is 1. The Morgan fingerprint density at radius 1 is 1.37 bits per heavy atom. The molecule has 0 saturated carbocycles. The second-order valence-electron chi connectivity index (χ2n) is 4.89. The molecular formula is C14H18N2O3. The van der Waals surface area contributed by atoms with Crippen LogP contribution < -0.4 is 0 Å². The van der Waals surface area contributed by atoms with Gasteiger partial charge < -0.3 is 10.0 Å². The summed E-state index contributed by atoms with van der Waals surface area (Å²) in [6.45, 7) is 2.65. The average molecular weight is 262 g/mol. The molecule has 0 atom stereocenters. The summed E-state index contributed by atoms with van der Waals surface area (Å²) in [7, 11) is 1.82. The van der Waals surface area contributed by atoms with Crippen LogP contribution in [0.15, 0.2) is 24.3 Å². The highest BCUT2D eigenvalue weighted by Gasteiger charge is 2.19. The van der Waals surface area contributed by atoms with Gasteiger partial charge in [-0.05, 0) is 24.1 Å². The van der Waals surface area contributed by atoms with Crippen molar-refractivity contribution in [2.24, 2.45) is 0 Å². The standard InChI is InChI=1S/C14H18N2O3/c1-15-6-3-7-16(10-13(15)17)9-11-4-2-5-12(8-11)14(18)19/h2,4-5,8H,3,6-7,9-10H2,1H3,(H,18,19). The van der Waals surface area contributed by atoms with Gasteiger partial charge in [-0.1, -0.05) is 12.1 Å². The number of carboxylic acid groups (broad SMARTS) is 1. The van der Waals surface area contributed by atoms with Crippen molar-refractivity contribution in [1.82, 2.24) is 9.80 Å². The van der Waals surface area contributed by atoms with E-state index in [0.717, 1.165) is 25.1 Å². The molecule has 1 heterocycles. The molecule has 1 aliphatic rings. The highest BCUT2D eigenvalue weighted by atomic mass is 16.4. The third-order valence-electron chi connectivity index (χ3n) is 3.33. The first-order chi connectivity index (χ1) is 9.06. The highest BCUT2D eigenvalue weighted by Crippen LogP contribution is 2.11. The lowest BCUT2D eigenvalue weighted by Gasteiger charge is -2.19. The Morgan fingerprint density at radius 2 is 2.16 bits per heavy atom. The smallest absolute Gasteiger partial charge is 0.335 e. The van der Waals surface area contributed by atoms with Crippen molar-refractivity contribution in [2.75, 3.05) is 26.7 Å². The molecule has 1 amide bonds. The molecule has 0 aromatic heterocycles. The number of hydrogen-bond acceptors (Lipinski definition) is 3. The Kier molecular flexibility index (Phi) is 4.16. The fourth-order valence-electron chi connectivity index (χ4n) is 2.24. The van der Waals surface area contributed by atoms with Gasteiger partial charge in [0.25, 0.3) is 0 Å². The number of aromatic carboxylic acids is 1. The van der Waals surface area contributed by atoms with Crippen LogP contribution >= 0.6 is 0 Å². The number of carboxylic acids is 1. The number of rotatable bonds is 3. The van der Waals surface area contributed by atoms with Gasteiger partial charge in [0.2, 0.25) is 5.91 Å². The zero-order valence-corrected chi connectivity index (χ0v) is 11.0. The second-order valence-corrected chi connectivity index (χ2v) is 4.89. The normalized spacial score (nSPS) is 17.3. The third kappa shape index (κ3) is 3.54. The minimum Gasteiger partial charge on any atom is -0.478 e. The van der Waals surface area contributed by atoms with Crippen LogP contribution in [0.4, 0.5) is 0 Å². The molecule has 1 N–H and O–H groups in total. The van der Waals surface area contributed by atoms with Crippen LogP contribution in [-0.2, 0) is 11.3 Å². The summed E-state index contributed by atoms with van der Waals surface area (Å²) in [5.74, 6) is -0.805. The summed E-state index contributed by atoms with van der Waals surface area (Å²) in [5, 5.41) is 8.96. The fraction of sp³-hybridized carbons (Fsp3) is 0.429. The molecule has 0 radical (unpaired) electrons. The van der Waals surface area contributed by atoms with E-state index in [2.05, 4.69) is 4.90 Å². The minimum atomic E-state index is -0.923. The lowest BCUT2D eigenvalue weighted by atomic mass is 10.1. The maximum absolute atomic E-state index is 11.8. The molecule has 2 rings (SSSR count). The van der Waals surface area contributed by atoms with Gasteiger partial charge >= 0.3 is 5.97 Å². The predicted molar refractivity (Wildman–Crippen MR) is 70.9 cm³/mol. The van der Waals surface area contributed by atoms with E-state index >= 15 is 0 Å². The van der Waals surface area contributed by atoms with Crippen LogP contribution in [0.25, 0.3) is 0 Å². The summed E-state index contributed by atoms with van der Waals surface area (Å²) in [4.78, 5) is 26.5. The molecule has 5 nitrogen and oxygen atoms in total. The van der Waals surface area contributed by atoms with E-state index in [1.807, 2.05) is 13.1 Å². The number of benzene rings is 1. The molecule has 1 aromatic carbocycles. The van der Waals surface area contributed by atoms with Crippen LogP contribution in [0.5, 0.6) is 0 Å². The first kappa shape index (κ1) is 13.5. The second kappa shape index (κ2) is 5.84. The molecule has 0 aliphatic carbocycles. The molecule has 0 bridgehead atoms. The van der Waals surface area contributed by atoms with E-state index in [1.54, 1.807) is 23.1 Å². The van der Waals surface area contributed by atoms with Crippen molar-refractivity contribution >= 4 is 11.9 Å². The van der Waals surface area contributed by atoms with E-state index in [9.17, 15) is 9.59 Å². The lowest BCUT2D eigenvalue weighted by molar-refractivity contribution is -0.130. The number of likely N-dealkylation sites (N-methyl/N-ethyl adjacent to an activating group) is 1. The van der Waals surface area contributed by atoms with E-state index in [0.29, 0.717) is 13.1 Å². The summed E-state index contributed by atoms with van der Waals surface area (Å²) >= 11 is 0. The molecule has 0 spiro atoms. The Hall–Kier alpha value is -1.88. The van der Waals surface area contributed by atoms with Gasteiger partial charge in [-0.15, -0.1) is 0 Å². The SMILES string of the molecule is CN1CCCN(Cc2cccc(C(=O)O)c2)CC1=O. The van der Waals surface area contributed by atoms with Crippen molar-refractivity contribution in [3.05, 3.63) is 35.4 Å². The van der Waals surface area contributed by atoms with Gasteiger partial charge in [-0.2, -0.15) is 0 Å². The lowest BCUT2D eigenvalue weighted by Crippen LogP contribution is -2.34. The largest absolute Gasteiger partial charge is 0.478 e. The maximum Gasteiger partial charge on any atom is 0.335 e. The average Bonchev–Trinajstić information content (AvgIpc) is 2.52. The van der Waals surface area contributed by atoms with Crippen molar-refractivity contribution in [2.45, 2.75) is 13.0 Å². The van der Waals surface area contributed by atoms with Crippen molar-refractivity contribution in [1.29, 1.82) is 0 Å². The molecule has 5 heteroatoms. The van der Waals surface area contributed by atoms with Gasteiger partial charge in [-0.25, -0.2) is 4.79 Å². The summed E-state index contributed by atoms with van der Waals surface area (Å²) < 4.78 is 0. The molecule has 1 aromatic rings. The van der Waals surface area contributed by atoms with Crippen molar-refractivity contribution in [3.8, 4) is 0 Å². The number of carbonyl (C=O) groups is 2. The Labute approximate surface area is 112 Å². The molecule has 1 fully saturated rings. The molecule has 1 saturated heterocycles. The number of nitrogens with zero attached hydrogens (tertiary/aromatic N) is 2. The summed E-state index contributed by atoms with van der Waals surface area (Å²) in [6, 6.07) is 6.88. The fourth-order valence-corrected chi connectivity index (χ4v) is 2.24. The summed E-state index contributed by atoms with van der Waals surface area (Å²) in [5.41, 5.74) is 1.22. The van der Waals surface area contributed by atoms with Crippen LogP contribution in [0.3, 0.4) is 0 Å². The number of amides is 1. The van der Waals surface area contributed by atoms with Crippen LogP contribution in [0, 0.1) is 0 Å². The van der Waals surface area contributed by atoms with Crippen LogP contribution in [0.1, 0.15) is 22.3 Å². The van der Waals surface area contributed by atoms with E-state index in [4.69, 9.17) is 5.11 Å². The Bertz CT molecular complexity index is 487. The molecule has 0 unspecified atom stereocenters. The quantitative estimate of drug-likeness (QED) is 0.884. The first-order valence-corrected chi connectivity index (χ1v) is 6.35. The number of hydrogen-bond donors (Lipinski definition) is 1. The first-order valence-electron chi connectivity index (χ1n) is 6.35. The molecule has 102 valence electrons. The minimum absolute atomic E-state index is 0.117. The maximum atomic E-state index is 11.8. The molecule has 1 aliphatic heterocycles. The zero-order chi connectivity index (χ0) is 13.8. The summed E-state index contributed by atoms with van der Waals surface area (Å²) in [6.07, 6.45) is 0.945. The topological polar surface area (TPSA) is 60.9 Å².